The molecular weight excluding hydrogens is 224 g/mol. The van der Waals surface area contributed by atoms with Crippen LogP contribution in [0.4, 0.5) is 0 Å². The van der Waals surface area contributed by atoms with E-state index in [0.717, 1.165) is 0 Å². The predicted molar refractivity (Wildman–Crippen MR) is 69.8 cm³/mol. The third kappa shape index (κ3) is 9.00. The van der Waals surface area contributed by atoms with Crippen molar-refractivity contribution >= 4 is 17.7 Å². The van der Waals surface area contributed by atoms with Crippen LogP contribution in [0, 0.1) is 0 Å². The second kappa shape index (κ2) is 7.92. The highest BCUT2D eigenvalue weighted by molar-refractivity contribution is 7.98. The van der Waals surface area contributed by atoms with E-state index in [9.17, 15) is 9.90 Å². The average molecular weight is 248 g/mol. The first-order chi connectivity index (χ1) is 7.37. The number of hydrogen-bond donors (Lipinski definition) is 3. The van der Waals surface area contributed by atoms with Crippen molar-refractivity contribution in [2.75, 3.05) is 25.1 Å². The van der Waals surface area contributed by atoms with E-state index in [4.69, 9.17) is 0 Å². The number of thioether (sulfide) groups is 1. The summed E-state index contributed by atoms with van der Waals surface area (Å²) in [5, 5.41) is 15.7. The lowest BCUT2D eigenvalue weighted by Gasteiger charge is -2.22. The van der Waals surface area contributed by atoms with Crippen LogP contribution in [0.1, 0.15) is 27.2 Å². The molecule has 0 spiro atoms. The first-order valence-corrected chi connectivity index (χ1v) is 6.98. The molecule has 1 amide bonds. The minimum Gasteiger partial charge on any atom is -0.387 e. The molecule has 0 heterocycles. The smallest absolute Gasteiger partial charge is 0.221 e. The van der Waals surface area contributed by atoms with Crippen molar-refractivity contribution in [3.8, 4) is 0 Å². The Bertz CT molecular complexity index is 208. The first-order valence-electron chi connectivity index (χ1n) is 5.59. The number of carbonyl (C=O) groups is 1. The summed E-state index contributed by atoms with van der Waals surface area (Å²) < 4.78 is 0. The third-order valence-electron chi connectivity index (χ3n) is 2.03. The SMILES string of the molecule is CSCC(C)(O)CNC(=O)CCNC(C)C. The van der Waals surface area contributed by atoms with Crippen molar-refractivity contribution in [2.24, 2.45) is 0 Å². The Hall–Kier alpha value is -0.260. The lowest BCUT2D eigenvalue weighted by Crippen LogP contribution is -2.43. The van der Waals surface area contributed by atoms with Gasteiger partial charge in [0, 0.05) is 31.3 Å². The normalized spacial score (nSPS) is 14.9. The van der Waals surface area contributed by atoms with Gasteiger partial charge in [-0.1, -0.05) is 13.8 Å². The van der Waals surface area contributed by atoms with E-state index >= 15 is 0 Å². The van der Waals surface area contributed by atoms with E-state index in [-0.39, 0.29) is 5.91 Å². The van der Waals surface area contributed by atoms with Gasteiger partial charge in [0.05, 0.1) is 5.60 Å². The van der Waals surface area contributed by atoms with Crippen molar-refractivity contribution in [1.82, 2.24) is 10.6 Å². The van der Waals surface area contributed by atoms with Crippen LogP contribution in [0.3, 0.4) is 0 Å². The molecular formula is C11H24N2O2S. The summed E-state index contributed by atoms with van der Waals surface area (Å²) in [4.78, 5) is 11.4. The standard InChI is InChI=1S/C11H24N2O2S/c1-9(2)12-6-5-10(14)13-7-11(3,15)8-16-4/h9,12,15H,5-8H2,1-4H3,(H,13,14). The molecule has 1 unspecified atom stereocenters. The molecule has 0 saturated heterocycles. The van der Waals surface area contributed by atoms with E-state index in [1.165, 1.54) is 0 Å². The molecule has 0 saturated carbocycles. The van der Waals surface area contributed by atoms with E-state index in [1.807, 2.05) is 20.1 Å². The molecule has 0 rings (SSSR count). The van der Waals surface area contributed by atoms with Gasteiger partial charge in [-0.05, 0) is 13.2 Å². The molecule has 0 aromatic carbocycles. The van der Waals surface area contributed by atoms with E-state index in [0.29, 0.717) is 31.3 Å². The zero-order valence-electron chi connectivity index (χ0n) is 10.7. The fourth-order valence-corrected chi connectivity index (χ4v) is 1.94. The van der Waals surface area contributed by atoms with Crippen molar-refractivity contribution in [3.05, 3.63) is 0 Å². The van der Waals surface area contributed by atoms with E-state index in [2.05, 4.69) is 10.6 Å². The second-order valence-electron chi connectivity index (χ2n) is 4.57. The molecule has 0 aromatic heterocycles. The highest BCUT2D eigenvalue weighted by Gasteiger charge is 2.20. The molecule has 1 atom stereocenters. The van der Waals surface area contributed by atoms with Crippen molar-refractivity contribution in [3.63, 3.8) is 0 Å². The topological polar surface area (TPSA) is 61.4 Å². The molecule has 0 aliphatic rings. The van der Waals surface area contributed by atoms with Gasteiger partial charge in [0.1, 0.15) is 0 Å². The quantitative estimate of drug-likeness (QED) is 0.589. The largest absolute Gasteiger partial charge is 0.387 e. The minimum atomic E-state index is -0.819. The van der Waals surface area contributed by atoms with Crippen LogP contribution in [0.5, 0.6) is 0 Å². The summed E-state index contributed by atoms with van der Waals surface area (Å²) in [5.74, 6) is 0.604. The Labute approximate surface area is 103 Å². The molecule has 0 aliphatic heterocycles. The summed E-state index contributed by atoms with van der Waals surface area (Å²) in [6.07, 6.45) is 2.39. The lowest BCUT2D eigenvalue weighted by atomic mass is 10.1. The van der Waals surface area contributed by atoms with Crippen LogP contribution in [-0.4, -0.2) is 47.8 Å². The second-order valence-corrected chi connectivity index (χ2v) is 5.43. The van der Waals surface area contributed by atoms with Gasteiger partial charge in [0.2, 0.25) is 5.91 Å². The molecule has 0 bridgehead atoms. The fraction of sp³-hybridized carbons (Fsp3) is 0.909. The number of carbonyl (C=O) groups excluding carboxylic acids is 1. The maximum Gasteiger partial charge on any atom is 0.221 e. The number of rotatable bonds is 8. The van der Waals surface area contributed by atoms with Gasteiger partial charge < -0.3 is 15.7 Å². The van der Waals surface area contributed by atoms with Gasteiger partial charge in [0.15, 0.2) is 0 Å². The zero-order chi connectivity index (χ0) is 12.6. The Morgan fingerprint density at radius 1 is 1.50 bits per heavy atom. The van der Waals surface area contributed by atoms with Gasteiger partial charge in [-0.2, -0.15) is 11.8 Å². The van der Waals surface area contributed by atoms with Crippen LogP contribution in [0.25, 0.3) is 0 Å². The Kier molecular flexibility index (Phi) is 7.80. The average Bonchev–Trinajstić information content (AvgIpc) is 2.14. The Balaban J connectivity index is 3.64. The molecule has 0 radical (unpaired) electrons. The van der Waals surface area contributed by atoms with Crippen LogP contribution in [0.15, 0.2) is 0 Å². The zero-order valence-corrected chi connectivity index (χ0v) is 11.5. The van der Waals surface area contributed by atoms with Gasteiger partial charge in [-0.3, -0.25) is 4.79 Å². The molecule has 0 aliphatic carbocycles. The van der Waals surface area contributed by atoms with Crippen LogP contribution in [-0.2, 0) is 4.79 Å². The summed E-state index contributed by atoms with van der Waals surface area (Å²) >= 11 is 1.57. The van der Waals surface area contributed by atoms with Gasteiger partial charge in [-0.25, -0.2) is 0 Å². The summed E-state index contributed by atoms with van der Waals surface area (Å²) in [6, 6.07) is 0.396. The number of hydrogen-bond acceptors (Lipinski definition) is 4. The summed E-state index contributed by atoms with van der Waals surface area (Å²) in [7, 11) is 0. The van der Waals surface area contributed by atoms with Crippen molar-refractivity contribution in [2.45, 2.75) is 38.8 Å². The number of aliphatic hydroxyl groups is 1. The molecule has 5 heteroatoms. The van der Waals surface area contributed by atoms with Gasteiger partial charge in [0.25, 0.3) is 0 Å². The maximum atomic E-state index is 11.4. The maximum absolute atomic E-state index is 11.4. The number of amides is 1. The lowest BCUT2D eigenvalue weighted by molar-refractivity contribution is -0.122. The molecule has 0 aromatic rings. The van der Waals surface area contributed by atoms with Gasteiger partial charge in [-0.15, -0.1) is 0 Å². The Morgan fingerprint density at radius 3 is 2.62 bits per heavy atom. The summed E-state index contributed by atoms with van der Waals surface area (Å²) in [6.45, 7) is 6.81. The molecule has 96 valence electrons. The third-order valence-corrected chi connectivity index (χ3v) is 2.94. The van der Waals surface area contributed by atoms with E-state index in [1.54, 1.807) is 18.7 Å². The molecule has 3 N–H and O–H groups in total. The fourth-order valence-electron chi connectivity index (χ4n) is 1.21. The number of nitrogens with one attached hydrogen (secondary N) is 2. The highest BCUT2D eigenvalue weighted by Crippen LogP contribution is 2.08. The van der Waals surface area contributed by atoms with Gasteiger partial charge >= 0.3 is 0 Å². The molecule has 0 fully saturated rings. The first kappa shape index (κ1) is 15.7. The minimum absolute atomic E-state index is 0.0190. The van der Waals surface area contributed by atoms with Crippen molar-refractivity contribution < 1.29 is 9.90 Å². The van der Waals surface area contributed by atoms with Crippen LogP contribution >= 0.6 is 11.8 Å². The van der Waals surface area contributed by atoms with E-state index < -0.39 is 5.60 Å². The summed E-state index contributed by atoms with van der Waals surface area (Å²) in [5.41, 5.74) is -0.819. The monoisotopic (exact) mass is 248 g/mol. The predicted octanol–water partition coefficient (Wildman–Crippen LogP) is 0.605. The molecule has 4 nitrogen and oxygen atoms in total. The van der Waals surface area contributed by atoms with Crippen LogP contribution in [0.2, 0.25) is 0 Å². The van der Waals surface area contributed by atoms with Crippen molar-refractivity contribution in [1.29, 1.82) is 0 Å². The van der Waals surface area contributed by atoms with Crippen LogP contribution < -0.4 is 10.6 Å². The Morgan fingerprint density at radius 2 is 2.12 bits per heavy atom. The highest BCUT2D eigenvalue weighted by atomic mass is 32.2. The molecule has 16 heavy (non-hydrogen) atoms.